The molecule has 1 atom stereocenters. The number of carbonyl (C=O) groups is 2. The average molecular weight is 280 g/mol. The van der Waals surface area contributed by atoms with Crippen LogP contribution in [0.3, 0.4) is 0 Å². The third-order valence-corrected chi connectivity index (χ3v) is 2.41. The Hall–Kier alpha value is -0.580. The number of ketones is 1. The van der Waals surface area contributed by atoms with Gasteiger partial charge in [-0.1, -0.05) is 15.9 Å². The van der Waals surface area contributed by atoms with Crippen LogP contribution < -0.4 is 0 Å². The van der Waals surface area contributed by atoms with E-state index in [4.69, 9.17) is 4.74 Å². The molecule has 0 rings (SSSR count). The van der Waals surface area contributed by atoms with E-state index in [1.807, 2.05) is 0 Å². The maximum absolute atomic E-state index is 11.6. The van der Waals surface area contributed by atoms with Crippen LogP contribution in [0.25, 0.3) is 0 Å². The fourth-order valence-electron chi connectivity index (χ4n) is 0.820. The van der Waals surface area contributed by atoms with Crippen molar-refractivity contribution in [3.05, 3.63) is 0 Å². The van der Waals surface area contributed by atoms with E-state index in [1.165, 1.54) is 4.90 Å². The molecule has 0 N–H and O–H groups in total. The van der Waals surface area contributed by atoms with Gasteiger partial charge in [-0.05, 0) is 27.7 Å². The quantitative estimate of drug-likeness (QED) is 0.745. The number of halogens is 1. The second kappa shape index (κ2) is 5.49. The van der Waals surface area contributed by atoms with Crippen molar-refractivity contribution < 1.29 is 14.3 Å². The van der Waals surface area contributed by atoms with Crippen LogP contribution >= 0.6 is 15.9 Å². The number of likely N-dealkylation sites (N-methyl/N-ethyl adjacent to an activating group) is 1. The number of hydrogen-bond acceptors (Lipinski definition) is 3. The van der Waals surface area contributed by atoms with Gasteiger partial charge in [0, 0.05) is 7.05 Å². The molecule has 0 aliphatic carbocycles. The van der Waals surface area contributed by atoms with Crippen LogP contribution in [-0.4, -0.2) is 40.8 Å². The molecule has 0 heterocycles. The summed E-state index contributed by atoms with van der Waals surface area (Å²) < 4.78 is 5.13. The predicted molar refractivity (Wildman–Crippen MR) is 62.3 cm³/mol. The standard InChI is InChI=1S/C10H18BrNO3/c1-7(8(13)6-11)12(5)9(14)15-10(2,3)4/h7H,6H2,1-5H3/t7-/m0/s1. The van der Waals surface area contributed by atoms with Gasteiger partial charge < -0.3 is 9.64 Å². The number of carbonyl (C=O) groups excluding carboxylic acids is 2. The van der Waals surface area contributed by atoms with Crippen LogP contribution in [0.1, 0.15) is 27.7 Å². The molecule has 0 unspecified atom stereocenters. The fourth-order valence-corrected chi connectivity index (χ4v) is 1.29. The van der Waals surface area contributed by atoms with Gasteiger partial charge in [-0.25, -0.2) is 4.79 Å². The van der Waals surface area contributed by atoms with Gasteiger partial charge in [0.15, 0.2) is 5.78 Å². The number of Topliss-reactive ketones (excluding diaryl/α,β-unsaturated/α-hetero) is 1. The third kappa shape index (κ3) is 5.16. The number of alkyl halides is 1. The largest absolute Gasteiger partial charge is 0.444 e. The van der Waals surface area contributed by atoms with Gasteiger partial charge in [0.25, 0.3) is 0 Å². The minimum Gasteiger partial charge on any atom is -0.444 e. The van der Waals surface area contributed by atoms with E-state index in [-0.39, 0.29) is 11.1 Å². The van der Waals surface area contributed by atoms with Crippen LogP contribution in [0.2, 0.25) is 0 Å². The Bertz CT molecular complexity index is 248. The molecule has 0 spiro atoms. The first kappa shape index (κ1) is 14.4. The fraction of sp³-hybridized carbons (Fsp3) is 0.800. The minimum absolute atomic E-state index is 0.0524. The number of amides is 1. The molecule has 0 aromatic heterocycles. The Morgan fingerprint density at radius 3 is 2.20 bits per heavy atom. The SMILES string of the molecule is C[C@@H](C(=O)CBr)N(C)C(=O)OC(C)(C)C. The summed E-state index contributed by atoms with van der Waals surface area (Å²) in [6, 6.07) is -0.473. The molecule has 0 bridgehead atoms. The maximum atomic E-state index is 11.6. The third-order valence-electron chi connectivity index (χ3n) is 1.86. The summed E-state index contributed by atoms with van der Waals surface area (Å²) in [5.41, 5.74) is -0.539. The maximum Gasteiger partial charge on any atom is 0.410 e. The predicted octanol–water partition coefficient (Wildman–Crippen LogP) is 2.21. The molecule has 0 saturated carbocycles. The molecule has 4 nitrogen and oxygen atoms in total. The highest BCUT2D eigenvalue weighted by Crippen LogP contribution is 2.11. The zero-order valence-corrected chi connectivity index (χ0v) is 11.4. The molecule has 5 heteroatoms. The molecule has 0 radical (unpaired) electrons. The molecule has 0 aromatic carbocycles. The van der Waals surface area contributed by atoms with Gasteiger partial charge in [-0.15, -0.1) is 0 Å². The van der Waals surface area contributed by atoms with Gasteiger partial charge in [-0.3, -0.25) is 4.79 Å². The molecular weight excluding hydrogens is 262 g/mol. The number of nitrogens with zero attached hydrogens (tertiary/aromatic N) is 1. The second-order valence-electron chi connectivity index (χ2n) is 4.37. The highest BCUT2D eigenvalue weighted by Gasteiger charge is 2.25. The first-order valence-electron chi connectivity index (χ1n) is 4.73. The van der Waals surface area contributed by atoms with Gasteiger partial charge in [0.2, 0.25) is 0 Å². The van der Waals surface area contributed by atoms with Crippen LogP contribution in [0.5, 0.6) is 0 Å². The molecule has 0 aliphatic rings. The van der Waals surface area contributed by atoms with E-state index in [0.717, 1.165) is 0 Å². The average Bonchev–Trinajstić information content (AvgIpc) is 2.11. The summed E-state index contributed by atoms with van der Waals surface area (Å²) in [4.78, 5) is 24.2. The summed E-state index contributed by atoms with van der Waals surface area (Å²) in [5.74, 6) is -0.0524. The van der Waals surface area contributed by atoms with E-state index in [0.29, 0.717) is 0 Å². The first-order chi connectivity index (χ1) is 6.69. The summed E-state index contributed by atoms with van der Waals surface area (Å²) in [5, 5.41) is 0.237. The van der Waals surface area contributed by atoms with Crippen LogP contribution in [-0.2, 0) is 9.53 Å². The van der Waals surface area contributed by atoms with Crippen molar-refractivity contribution in [1.29, 1.82) is 0 Å². The van der Waals surface area contributed by atoms with Crippen LogP contribution in [0, 0.1) is 0 Å². The zero-order chi connectivity index (χ0) is 12.2. The molecule has 0 aliphatic heterocycles. The Kier molecular flexibility index (Phi) is 5.28. The lowest BCUT2D eigenvalue weighted by Crippen LogP contribution is -2.43. The number of hydrogen-bond donors (Lipinski definition) is 0. The monoisotopic (exact) mass is 279 g/mol. The molecule has 0 saturated heterocycles. The Labute approximate surface area is 99.1 Å². The Morgan fingerprint density at radius 2 is 1.87 bits per heavy atom. The van der Waals surface area contributed by atoms with Gasteiger partial charge in [0.05, 0.1) is 11.4 Å². The molecule has 1 amide bonds. The van der Waals surface area contributed by atoms with E-state index in [9.17, 15) is 9.59 Å². The van der Waals surface area contributed by atoms with E-state index < -0.39 is 17.7 Å². The first-order valence-corrected chi connectivity index (χ1v) is 5.85. The van der Waals surface area contributed by atoms with E-state index in [1.54, 1.807) is 34.7 Å². The minimum atomic E-state index is -0.539. The summed E-state index contributed by atoms with van der Waals surface area (Å²) in [7, 11) is 1.55. The Morgan fingerprint density at radius 1 is 1.40 bits per heavy atom. The lowest BCUT2D eigenvalue weighted by Gasteiger charge is -2.27. The Balaban J connectivity index is 4.39. The molecule has 15 heavy (non-hydrogen) atoms. The smallest absolute Gasteiger partial charge is 0.410 e. The van der Waals surface area contributed by atoms with Crippen LogP contribution in [0.15, 0.2) is 0 Å². The normalized spacial score (nSPS) is 13.2. The molecule has 88 valence electrons. The van der Waals surface area contributed by atoms with Crippen molar-refractivity contribution in [2.45, 2.75) is 39.3 Å². The summed E-state index contributed by atoms with van der Waals surface area (Å²) in [6.45, 7) is 7.04. The zero-order valence-electron chi connectivity index (χ0n) is 9.83. The molecule has 0 aromatic rings. The summed E-state index contributed by atoms with van der Waals surface area (Å²) >= 11 is 3.07. The lowest BCUT2D eigenvalue weighted by molar-refractivity contribution is -0.120. The van der Waals surface area contributed by atoms with E-state index in [2.05, 4.69) is 15.9 Å². The second-order valence-corrected chi connectivity index (χ2v) is 4.93. The van der Waals surface area contributed by atoms with Gasteiger partial charge in [0.1, 0.15) is 5.60 Å². The van der Waals surface area contributed by atoms with Crippen molar-refractivity contribution in [1.82, 2.24) is 4.90 Å². The van der Waals surface area contributed by atoms with Crippen molar-refractivity contribution in [2.75, 3.05) is 12.4 Å². The highest BCUT2D eigenvalue weighted by atomic mass is 79.9. The van der Waals surface area contributed by atoms with E-state index >= 15 is 0 Å². The van der Waals surface area contributed by atoms with Gasteiger partial charge in [-0.2, -0.15) is 0 Å². The van der Waals surface area contributed by atoms with Crippen molar-refractivity contribution in [2.24, 2.45) is 0 Å². The van der Waals surface area contributed by atoms with Crippen molar-refractivity contribution in [3.8, 4) is 0 Å². The van der Waals surface area contributed by atoms with Gasteiger partial charge >= 0.3 is 6.09 Å². The van der Waals surface area contributed by atoms with Crippen molar-refractivity contribution >= 4 is 27.8 Å². The topological polar surface area (TPSA) is 46.6 Å². The molecular formula is C10H18BrNO3. The summed E-state index contributed by atoms with van der Waals surface area (Å²) in [6.07, 6.45) is -0.482. The number of rotatable bonds is 3. The highest BCUT2D eigenvalue weighted by molar-refractivity contribution is 9.09. The number of ether oxygens (including phenoxy) is 1. The van der Waals surface area contributed by atoms with Crippen molar-refractivity contribution in [3.63, 3.8) is 0 Å². The molecule has 0 fully saturated rings. The van der Waals surface area contributed by atoms with Crippen LogP contribution in [0.4, 0.5) is 4.79 Å². The lowest BCUT2D eigenvalue weighted by atomic mass is 10.2.